The van der Waals surface area contributed by atoms with Gasteiger partial charge in [0.15, 0.2) is 0 Å². The molecule has 2 aromatic heterocycles. The Hall–Kier alpha value is -0.420. The van der Waals surface area contributed by atoms with Crippen LogP contribution >= 0.6 is 22.7 Å². The van der Waals surface area contributed by atoms with Gasteiger partial charge in [-0.1, -0.05) is 19.8 Å². The highest BCUT2D eigenvalue weighted by Crippen LogP contribution is 2.41. The van der Waals surface area contributed by atoms with E-state index in [4.69, 9.17) is 5.84 Å². The highest BCUT2D eigenvalue weighted by molar-refractivity contribution is 7.26. The maximum absolute atomic E-state index is 5.82. The first-order valence-corrected chi connectivity index (χ1v) is 8.40. The van der Waals surface area contributed by atoms with E-state index in [9.17, 15) is 0 Å². The van der Waals surface area contributed by atoms with Gasteiger partial charge < -0.3 is 0 Å². The summed E-state index contributed by atoms with van der Waals surface area (Å²) in [6, 6.07) is 4.89. The third-order valence-corrected chi connectivity index (χ3v) is 6.35. The van der Waals surface area contributed by atoms with Gasteiger partial charge in [-0.05, 0) is 42.2 Å². The first kappa shape index (κ1) is 12.6. The Morgan fingerprint density at radius 3 is 2.72 bits per heavy atom. The fourth-order valence-corrected chi connectivity index (χ4v) is 5.28. The molecular weight excluding hydrogens is 260 g/mol. The van der Waals surface area contributed by atoms with Crippen LogP contribution in [0.2, 0.25) is 0 Å². The minimum absolute atomic E-state index is 0.349. The second kappa shape index (κ2) is 5.29. The quantitative estimate of drug-likeness (QED) is 0.650. The lowest BCUT2D eigenvalue weighted by Crippen LogP contribution is -2.34. The Kier molecular flexibility index (Phi) is 3.71. The molecule has 0 aliphatic heterocycles. The first-order chi connectivity index (χ1) is 8.78. The molecule has 0 aromatic carbocycles. The molecule has 2 aromatic rings. The zero-order valence-electron chi connectivity index (χ0n) is 10.7. The molecular formula is C14H20N2S2. The van der Waals surface area contributed by atoms with Crippen molar-refractivity contribution in [1.82, 2.24) is 5.43 Å². The second-order valence-corrected chi connectivity index (χ2v) is 7.53. The molecule has 1 saturated carbocycles. The lowest BCUT2D eigenvalue weighted by atomic mass is 9.79. The van der Waals surface area contributed by atoms with Crippen molar-refractivity contribution in [2.24, 2.45) is 17.7 Å². The lowest BCUT2D eigenvalue weighted by Gasteiger charge is -2.31. The topological polar surface area (TPSA) is 38.0 Å². The van der Waals surface area contributed by atoms with Gasteiger partial charge in [-0.25, -0.2) is 0 Å². The number of rotatable bonds is 3. The molecule has 4 heteroatoms. The molecule has 1 atom stereocenters. The van der Waals surface area contributed by atoms with Gasteiger partial charge >= 0.3 is 0 Å². The van der Waals surface area contributed by atoms with Gasteiger partial charge in [0.05, 0.1) is 6.04 Å². The summed E-state index contributed by atoms with van der Waals surface area (Å²) in [5.41, 5.74) is 3.07. The van der Waals surface area contributed by atoms with Gasteiger partial charge in [0.25, 0.3) is 0 Å². The van der Waals surface area contributed by atoms with E-state index in [0.717, 1.165) is 5.92 Å². The highest BCUT2D eigenvalue weighted by Gasteiger charge is 2.27. The third-order valence-electron chi connectivity index (χ3n) is 4.18. The average Bonchev–Trinajstić information content (AvgIpc) is 2.93. The predicted octanol–water partition coefficient (Wildman–Crippen LogP) is 4.29. The highest BCUT2D eigenvalue weighted by atomic mass is 32.1. The number of hydrazine groups is 1. The fourth-order valence-electron chi connectivity index (χ4n) is 3.01. The molecule has 1 aliphatic carbocycles. The predicted molar refractivity (Wildman–Crippen MR) is 80.9 cm³/mol. The zero-order valence-corrected chi connectivity index (χ0v) is 12.3. The van der Waals surface area contributed by atoms with Crippen LogP contribution in [0, 0.1) is 11.8 Å². The van der Waals surface area contributed by atoms with Crippen LogP contribution in [0.25, 0.3) is 9.40 Å². The number of nitrogens with one attached hydrogen (secondary N) is 1. The van der Waals surface area contributed by atoms with Gasteiger partial charge in [0.1, 0.15) is 0 Å². The summed E-state index contributed by atoms with van der Waals surface area (Å²) in [6.07, 6.45) is 5.31. The summed E-state index contributed by atoms with van der Waals surface area (Å²) >= 11 is 3.72. The molecule has 2 nitrogen and oxygen atoms in total. The molecule has 98 valence electrons. The van der Waals surface area contributed by atoms with Gasteiger partial charge in [-0.2, -0.15) is 0 Å². The van der Waals surface area contributed by atoms with E-state index < -0.39 is 0 Å². The number of hydrogen-bond acceptors (Lipinski definition) is 4. The van der Waals surface area contributed by atoms with E-state index in [1.54, 1.807) is 0 Å². The Balaban J connectivity index is 1.81. The fraction of sp³-hybridized carbons (Fsp3) is 0.571. The number of thiophene rings is 2. The van der Waals surface area contributed by atoms with E-state index in [-0.39, 0.29) is 0 Å². The molecule has 0 bridgehead atoms. The smallest absolute Gasteiger partial charge is 0.0582 e. The van der Waals surface area contributed by atoms with Crippen molar-refractivity contribution in [1.29, 1.82) is 0 Å². The van der Waals surface area contributed by atoms with Crippen LogP contribution < -0.4 is 11.3 Å². The SMILES string of the molecule is CC1CCC(C(NN)c2cc3sccc3s2)CC1. The summed E-state index contributed by atoms with van der Waals surface area (Å²) in [4.78, 5) is 1.42. The summed E-state index contributed by atoms with van der Waals surface area (Å²) in [5.74, 6) is 7.42. The average molecular weight is 280 g/mol. The molecule has 1 aliphatic rings. The summed E-state index contributed by atoms with van der Waals surface area (Å²) < 4.78 is 2.80. The van der Waals surface area contributed by atoms with Crippen LogP contribution in [-0.4, -0.2) is 0 Å². The Morgan fingerprint density at radius 1 is 1.28 bits per heavy atom. The van der Waals surface area contributed by atoms with Gasteiger partial charge in [0.2, 0.25) is 0 Å². The van der Waals surface area contributed by atoms with Crippen LogP contribution in [0.1, 0.15) is 43.5 Å². The van der Waals surface area contributed by atoms with E-state index >= 15 is 0 Å². The largest absolute Gasteiger partial charge is 0.271 e. The maximum atomic E-state index is 5.82. The van der Waals surface area contributed by atoms with Crippen LogP contribution in [0.4, 0.5) is 0 Å². The van der Waals surface area contributed by atoms with Crippen molar-refractivity contribution in [3.05, 3.63) is 22.4 Å². The molecule has 2 heterocycles. The van der Waals surface area contributed by atoms with Crippen LogP contribution in [0.5, 0.6) is 0 Å². The van der Waals surface area contributed by atoms with Crippen molar-refractivity contribution < 1.29 is 0 Å². The second-order valence-electron chi connectivity index (χ2n) is 5.46. The Morgan fingerprint density at radius 2 is 2.06 bits per heavy atom. The summed E-state index contributed by atoms with van der Waals surface area (Å²) in [7, 11) is 0. The van der Waals surface area contributed by atoms with Crippen LogP contribution in [0.3, 0.4) is 0 Å². The molecule has 0 spiro atoms. The number of hydrogen-bond donors (Lipinski definition) is 2. The first-order valence-electron chi connectivity index (χ1n) is 6.71. The number of fused-ring (bicyclic) bond motifs is 1. The molecule has 3 rings (SSSR count). The van der Waals surface area contributed by atoms with E-state index in [0.29, 0.717) is 12.0 Å². The third kappa shape index (κ3) is 2.35. The van der Waals surface area contributed by atoms with E-state index in [2.05, 4.69) is 29.9 Å². The minimum atomic E-state index is 0.349. The monoisotopic (exact) mass is 280 g/mol. The van der Waals surface area contributed by atoms with E-state index in [1.807, 2.05) is 22.7 Å². The van der Waals surface area contributed by atoms with Crippen LogP contribution in [-0.2, 0) is 0 Å². The Bertz CT molecular complexity index is 480. The maximum Gasteiger partial charge on any atom is 0.0582 e. The summed E-state index contributed by atoms with van der Waals surface area (Å²) in [6.45, 7) is 2.36. The van der Waals surface area contributed by atoms with Crippen molar-refractivity contribution >= 4 is 32.1 Å². The van der Waals surface area contributed by atoms with Crippen LogP contribution in [0.15, 0.2) is 17.5 Å². The molecule has 18 heavy (non-hydrogen) atoms. The molecule has 0 amide bonds. The minimum Gasteiger partial charge on any atom is -0.271 e. The Labute approximate surface area is 116 Å². The van der Waals surface area contributed by atoms with Gasteiger partial charge in [0, 0.05) is 14.3 Å². The number of nitrogens with two attached hydrogens (primary N) is 1. The molecule has 1 fully saturated rings. The zero-order chi connectivity index (χ0) is 12.5. The van der Waals surface area contributed by atoms with Gasteiger partial charge in [-0.15, -0.1) is 22.7 Å². The molecule has 0 radical (unpaired) electrons. The van der Waals surface area contributed by atoms with Crippen molar-refractivity contribution in [3.63, 3.8) is 0 Å². The molecule has 3 N–H and O–H groups in total. The normalized spacial score (nSPS) is 26.6. The van der Waals surface area contributed by atoms with Crippen molar-refractivity contribution in [2.45, 2.75) is 38.6 Å². The van der Waals surface area contributed by atoms with Gasteiger partial charge in [-0.3, -0.25) is 11.3 Å². The van der Waals surface area contributed by atoms with Crippen molar-refractivity contribution in [3.8, 4) is 0 Å². The lowest BCUT2D eigenvalue weighted by molar-refractivity contribution is 0.234. The summed E-state index contributed by atoms with van der Waals surface area (Å²) in [5, 5.41) is 2.16. The van der Waals surface area contributed by atoms with E-state index in [1.165, 1.54) is 40.0 Å². The standard InChI is InChI=1S/C14H20N2S2/c1-9-2-4-10(5-3-9)14(16-15)13-8-12-11(18-13)6-7-17-12/h6-10,14,16H,2-5,15H2,1H3. The molecule has 1 unspecified atom stereocenters. The van der Waals surface area contributed by atoms with Crippen molar-refractivity contribution in [2.75, 3.05) is 0 Å². The molecule has 0 saturated heterocycles.